The van der Waals surface area contributed by atoms with E-state index in [1.54, 1.807) is 6.92 Å². The van der Waals surface area contributed by atoms with Gasteiger partial charge in [0.1, 0.15) is 6.61 Å². The summed E-state index contributed by atoms with van der Waals surface area (Å²) in [4.78, 5) is 25.9. The van der Waals surface area contributed by atoms with E-state index in [0.717, 1.165) is 5.56 Å². The molecule has 1 unspecified atom stereocenters. The van der Waals surface area contributed by atoms with Gasteiger partial charge < -0.3 is 14.4 Å². The van der Waals surface area contributed by atoms with E-state index < -0.39 is 11.5 Å². The van der Waals surface area contributed by atoms with E-state index in [1.807, 2.05) is 30.3 Å². The van der Waals surface area contributed by atoms with Crippen LogP contribution in [0, 0.1) is 17.8 Å². The lowest BCUT2D eigenvalue weighted by Gasteiger charge is -2.24. The van der Waals surface area contributed by atoms with Crippen molar-refractivity contribution in [3.8, 4) is 12.3 Å². The summed E-state index contributed by atoms with van der Waals surface area (Å²) in [5, 5.41) is 0. The van der Waals surface area contributed by atoms with Gasteiger partial charge in [-0.05, 0) is 18.9 Å². The van der Waals surface area contributed by atoms with E-state index in [2.05, 4.69) is 5.92 Å². The van der Waals surface area contributed by atoms with Crippen molar-refractivity contribution >= 4 is 12.1 Å². The molecule has 1 heterocycles. The summed E-state index contributed by atoms with van der Waals surface area (Å²) in [5.74, 6) is 2.19. The second-order valence-electron chi connectivity index (χ2n) is 5.59. The summed E-state index contributed by atoms with van der Waals surface area (Å²) in [7, 11) is 0. The molecule has 1 aliphatic heterocycles. The number of carbonyl (C=O) groups is 2. The fourth-order valence-corrected chi connectivity index (χ4v) is 2.70. The number of carbonyl (C=O) groups excluding carboxylic acids is 2. The van der Waals surface area contributed by atoms with Gasteiger partial charge in [0, 0.05) is 19.5 Å². The molecule has 1 aromatic rings. The van der Waals surface area contributed by atoms with E-state index in [1.165, 1.54) is 4.90 Å². The molecule has 0 saturated carbocycles. The first-order chi connectivity index (χ1) is 11.1. The van der Waals surface area contributed by atoms with Crippen LogP contribution in [-0.4, -0.2) is 36.7 Å². The molecule has 0 aliphatic carbocycles. The van der Waals surface area contributed by atoms with Gasteiger partial charge in [0.25, 0.3) is 0 Å². The number of hydrogen-bond acceptors (Lipinski definition) is 4. The van der Waals surface area contributed by atoms with Crippen LogP contribution in [0.3, 0.4) is 0 Å². The molecule has 1 atom stereocenters. The molecule has 1 aromatic carbocycles. The van der Waals surface area contributed by atoms with Crippen LogP contribution in [0.2, 0.25) is 0 Å². The summed E-state index contributed by atoms with van der Waals surface area (Å²) in [6.07, 6.45) is 5.71. The van der Waals surface area contributed by atoms with Gasteiger partial charge in [0.05, 0.1) is 12.0 Å². The van der Waals surface area contributed by atoms with E-state index in [-0.39, 0.29) is 25.5 Å². The number of benzene rings is 1. The Kier molecular flexibility index (Phi) is 5.64. The van der Waals surface area contributed by atoms with E-state index >= 15 is 0 Å². The Morgan fingerprint density at radius 3 is 2.70 bits per heavy atom. The first-order valence-electron chi connectivity index (χ1n) is 7.67. The summed E-state index contributed by atoms with van der Waals surface area (Å²) < 4.78 is 10.4. The van der Waals surface area contributed by atoms with Gasteiger partial charge in [-0.3, -0.25) is 4.79 Å². The highest BCUT2D eigenvalue weighted by atomic mass is 16.6. The zero-order chi connectivity index (χ0) is 16.7. The third-order valence-corrected chi connectivity index (χ3v) is 3.97. The van der Waals surface area contributed by atoms with Gasteiger partial charge >= 0.3 is 12.1 Å². The zero-order valence-corrected chi connectivity index (χ0v) is 13.3. The minimum absolute atomic E-state index is 0.206. The fourth-order valence-electron chi connectivity index (χ4n) is 2.70. The molecule has 5 nitrogen and oxygen atoms in total. The number of ether oxygens (including phenoxy) is 2. The molecule has 0 aromatic heterocycles. The topological polar surface area (TPSA) is 55.8 Å². The lowest BCUT2D eigenvalue weighted by Crippen LogP contribution is -2.38. The molecule has 122 valence electrons. The first kappa shape index (κ1) is 16.9. The van der Waals surface area contributed by atoms with Gasteiger partial charge in [-0.2, -0.15) is 0 Å². The minimum atomic E-state index is -0.809. The number of esters is 1. The number of nitrogens with zero attached hydrogens (tertiary/aromatic N) is 1. The standard InChI is InChI=1S/C18H21NO4/c1-3-10-18(16(20)22-4-2)11-12-19(14-18)17(21)23-13-15-8-6-5-7-9-15/h1,5-9H,4,10-14H2,2H3. The second-order valence-corrected chi connectivity index (χ2v) is 5.59. The monoisotopic (exact) mass is 315 g/mol. The summed E-state index contributed by atoms with van der Waals surface area (Å²) in [6.45, 7) is 2.93. The van der Waals surface area contributed by atoms with E-state index in [4.69, 9.17) is 15.9 Å². The molecule has 0 radical (unpaired) electrons. The number of hydrogen-bond donors (Lipinski definition) is 0. The highest BCUT2D eigenvalue weighted by Gasteiger charge is 2.47. The van der Waals surface area contributed by atoms with Crippen LogP contribution in [-0.2, 0) is 20.9 Å². The molecule has 1 amide bonds. The molecule has 0 bridgehead atoms. The summed E-state index contributed by atoms with van der Waals surface area (Å²) in [6, 6.07) is 9.45. The minimum Gasteiger partial charge on any atom is -0.465 e. The molecular weight excluding hydrogens is 294 g/mol. The van der Waals surface area contributed by atoms with Crippen molar-refractivity contribution < 1.29 is 19.1 Å². The highest BCUT2D eigenvalue weighted by Crippen LogP contribution is 2.35. The average Bonchev–Trinajstić information content (AvgIpc) is 3.00. The maximum absolute atomic E-state index is 12.2. The third kappa shape index (κ3) is 4.04. The molecule has 1 saturated heterocycles. The Labute approximate surface area is 136 Å². The Hall–Kier alpha value is -2.48. The van der Waals surface area contributed by atoms with Crippen molar-refractivity contribution in [1.82, 2.24) is 4.90 Å². The molecule has 0 spiro atoms. The Morgan fingerprint density at radius 2 is 2.04 bits per heavy atom. The Balaban J connectivity index is 1.95. The van der Waals surface area contributed by atoms with Crippen molar-refractivity contribution in [2.75, 3.05) is 19.7 Å². The van der Waals surface area contributed by atoms with Gasteiger partial charge in [0.15, 0.2) is 0 Å². The molecule has 2 rings (SSSR count). The lowest BCUT2D eigenvalue weighted by molar-refractivity contribution is -0.154. The van der Waals surface area contributed by atoms with Crippen LogP contribution in [0.1, 0.15) is 25.3 Å². The highest BCUT2D eigenvalue weighted by molar-refractivity contribution is 5.80. The van der Waals surface area contributed by atoms with Gasteiger partial charge in [-0.25, -0.2) is 4.79 Å². The molecular formula is C18H21NO4. The van der Waals surface area contributed by atoms with Gasteiger partial charge in [-0.15, -0.1) is 12.3 Å². The van der Waals surface area contributed by atoms with Crippen molar-refractivity contribution in [2.45, 2.75) is 26.4 Å². The van der Waals surface area contributed by atoms with Crippen LogP contribution in [0.25, 0.3) is 0 Å². The largest absolute Gasteiger partial charge is 0.465 e. The van der Waals surface area contributed by atoms with Gasteiger partial charge in [-0.1, -0.05) is 30.3 Å². The maximum atomic E-state index is 12.2. The third-order valence-electron chi connectivity index (χ3n) is 3.97. The average molecular weight is 315 g/mol. The molecule has 1 fully saturated rings. The first-order valence-corrected chi connectivity index (χ1v) is 7.67. The predicted molar refractivity (Wildman–Crippen MR) is 85.3 cm³/mol. The van der Waals surface area contributed by atoms with Crippen molar-refractivity contribution in [1.29, 1.82) is 0 Å². The Bertz CT molecular complexity index is 593. The van der Waals surface area contributed by atoms with Crippen LogP contribution in [0.5, 0.6) is 0 Å². The van der Waals surface area contributed by atoms with Crippen LogP contribution in [0.4, 0.5) is 4.79 Å². The maximum Gasteiger partial charge on any atom is 0.410 e. The smallest absolute Gasteiger partial charge is 0.410 e. The van der Waals surface area contributed by atoms with Crippen LogP contribution < -0.4 is 0 Å². The molecule has 23 heavy (non-hydrogen) atoms. The van der Waals surface area contributed by atoms with E-state index in [0.29, 0.717) is 19.6 Å². The second kappa shape index (κ2) is 7.68. The Morgan fingerprint density at radius 1 is 1.30 bits per heavy atom. The fraction of sp³-hybridized carbons (Fsp3) is 0.444. The summed E-state index contributed by atoms with van der Waals surface area (Å²) in [5.41, 5.74) is 0.108. The van der Waals surface area contributed by atoms with E-state index in [9.17, 15) is 9.59 Å². The van der Waals surface area contributed by atoms with Gasteiger partial charge in [0.2, 0.25) is 0 Å². The zero-order valence-electron chi connectivity index (χ0n) is 13.3. The summed E-state index contributed by atoms with van der Waals surface area (Å²) >= 11 is 0. The van der Waals surface area contributed by atoms with Crippen LogP contribution >= 0.6 is 0 Å². The quantitative estimate of drug-likeness (QED) is 0.619. The van der Waals surface area contributed by atoms with Crippen molar-refractivity contribution in [3.05, 3.63) is 35.9 Å². The number of rotatable bonds is 5. The normalized spacial score (nSPS) is 19.9. The number of likely N-dealkylation sites (tertiary alicyclic amines) is 1. The van der Waals surface area contributed by atoms with Crippen molar-refractivity contribution in [3.63, 3.8) is 0 Å². The number of amides is 1. The molecule has 0 N–H and O–H groups in total. The number of terminal acetylenes is 1. The lowest BCUT2D eigenvalue weighted by atomic mass is 9.84. The SMILES string of the molecule is C#CCC1(C(=O)OCC)CCN(C(=O)OCc2ccccc2)C1. The molecule has 5 heteroatoms. The van der Waals surface area contributed by atoms with Crippen LogP contribution in [0.15, 0.2) is 30.3 Å². The predicted octanol–water partition coefficient (Wildman–Crippen LogP) is 2.60. The van der Waals surface area contributed by atoms with Crippen molar-refractivity contribution in [2.24, 2.45) is 5.41 Å². The molecule has 1 aliphatic rings.